The molecule has 0 rings (SSSR count). The van der Waals surface area contributed by atoms with Crippen molar-refractivity contribution >= 4 is 9.84 Å². The second-order valence-corrected chi connectivity index (χ2v) is 3.94. The lowest BCUT2D eigenvalue weighted by atomic mass is 10.3. The van der Waals surface area contributed by atoms with Crippen molar-refractivity contribution in [2.45, 2.75) is 26.2 Å². The average Bonchev–Trinajstić information content (AvgIpc) is 1.89. The summed E-state index contributed by atoms with van der Waals surface area (Å²) in [6.45, 7) is 1.99. The monoisotopic (exact) mass is 161 g/mol. The Morgan fingerprint density at radius 2 is 2.00 bits per heavy atom. The molecule has 58 valence electrons. The molecular weight excluding hydrogens is 150 g/mol. The molecule has 3 nitrogen and oxygen atoms in total. The Morgan fingerprint density at radius 1 is 1.40 bits per heavy atom. The van der Waals surface area contributed by atoms with E-state index in [1.807, 2.05) is 6.92 Å². The van der Waals surface area contributed by atoms with Gasteiger partial charge in [0.2, 0.25) is 9.84 Å². The van der Waals surface area contributed by atoms with Gasteiger partial charge in [-0.15, -0.1) is 0 Å². The fourth-order valence-corrected chi connectivity index (χ4v) is 1.26. The summed E-state index contributed by atoms with van der Waals surface area (Å²) in [6.07, 6.45) is 2.45. The number of thiocyanates is 1. The van der Waals surface area contributed by atoms with Crippen molar-refractivity contribution in [2.75, 3.05) is 5.75 Å². The molecule has 0 N–H and O–H groups in total. The minimum atomic E-state index is -3.39. The van der Waals surface area contributed by atoms with Crippen molar-refractivity contribution in [3.63, 3.8) is 0 Å². The summed E-state index contributed by atoms with van der Waals surface area (Å²) < 4.78 is 21.0. The van der Waals surface area contributed by atoms with Crippen molar-refractivity contribution in [2.24, 2.45) is 0 Å². The normalized spacial score (nSPS) is 10.8. The Labute approximate surface area is 61.6 Å². The van der Waals surface area contributed by atoms with Crippen LogP contribution in [-0.2, 0) is 9.84 Å². The van der Waals surface area contributed by atoms with Crippen LogP contribution in [0.1, 0.15) is 26.2 Å². The second kappa shape index (κ2) is 4.29. The molecule has 0 aliphatic heterocycles. The maximum Gasteiger partial charge on any atom is 0.241 e. The molecule has 0 aliphatic carbocycles. The molecule has 0 radical (unpaired) electrons. The van der Waals surface area contributed by atoms with E-state index in [-0.39, 0.29) is 5.75 Å². The van der Waals surface area contributed by atoms with Crippen LogP contribution in [0.3, 0.4) is 0 Å². The number of nitrogens with zero attached hydrogens (tertiary/aromatic N) is 1. The van der Waals surface area contributed by atoms with Gasteiger partial charge >= 0.3 is 0 Å². The third-order valence-corrected chi connectivity index (χ3v) is 2.26. The van der Waals surface area contributed by atoms with Gasteiger partial charge < -0.3 is 0 Å². The van der Waals surface area contributed by atoms with Crippen molar-refractivity contribution in [1.82, 2.24) is 0 Å². The molecule has 0 saturated carbocycles. The van der Waals surface area contributed by atoms with Crippen molar-refractivity contribution in [3.05, 3.63) is 0 Å². The summed E-state index contributed by atoms with van der Waals surface area (Å²) in [4.78, 5) is 0. The molecule has 0 bridgehead atoms. The Bertz CT molecular complexity index is 212. The van der Waals surface area contributed by atoms with E-state index in [4.69, 9.17) is 5.26 Å². The summed E-state index contributed by atoms with van der Waals surface area (Å²) in [5.74, 6) is 0.0112. The summed E-state index contributed by atoms with van der Waals surface area (Å²) in [5, 5.41) is 9.33. The summed E-state index contributed by atoms with van der Waals surface area (Å²) in [5.41, 5.74) is 0. The minimum absolute atomic E-state index is 0.0112. The quantitative estimate of drug-likeness (QED) is 0.352. The minimum Gasteiger partial charge on any atom is -0.213 e. The van der Waals surface area contributed by atoms with E-state index in [0.717, 1.165) is 12.8 Å². The Kier molecular flexibility index (Phi) is 4.05. The first-order chi connectivity index (χ1) is 4.62. The largest absolute Gasteiger partial charge is 0.241 e. The van der Waals surface area contributed by atoms with Gasteiger partial charge in [0, 0.05) is 0 Å². The maximum absolute atomic E-state index is 10.5. The Balaban J connectivity index is 3.62. The number of rotatable bonds is 4. The van der Waals surface area contributed by atoms with Crippen molar-refractivity contribution in [3.8, 4) is 5.40 Å². The molecule has 0 saturated heterocycles. The Hall–Kier alpha value is -0.560. The molecule has 0 amide bonds. The van der Waals surface area contributed by atoms with Crippen molar-refractivity contribution < 1.29 is 8.42 Å². The van der Waals surface area contributed by atoms with Crippen LogP contribution in [-0.4, -0.2) is 14.2 Å². The molecule has 0 aromatic carbocycles. The van der Waals surface area contributed by atoms with Gasteiger partial charge in [0.05, 0.1) is 5.75 Å². The first-order valence-corrected chi connectivity index (χ1v) is 4.91. The van der Waals surface area contributed by atoms with E-state index >= 15 is 0 Å². The second-order valence-electron chi connectivity index (χ2n) is 2.12. The molecule has 0 atom stereocenters. The van der Waals surface area contributed by atoms with Gasteiger partial charge in [0.15, 0.2) is 5.40 Å². The van der Waals surface area contributed by atoms with Crippen LogP contribution in [0.5, 0.6) is 0 Å². The van der Waals surface area contributed by atoms with Crippen LogP contribution in [0, 0.1) is 10.7 Å². The van der Waals surface area contributed by atoms with Gasteiger partial charge in [-0.25, -0.2) is 8.42 Å². The first-order valence-electron chi connectivity index (χ1n) is 3.26. The smallest absolute Gasteiger partial charge is 0.213 e. The topological polar surface area (TPSA) is 57.9 Å². The van der Waals surface area contributed by atoms with Gasteiger partial charge in [-0.3, -0.25) is 0 Å². The highest BCUT2D eigenvalue weighted by Gasteiger charge is 2.05. The molecule has 10 heavy (non-hydrogen) atoms. The third-order valence-electron chi connectivity index (χ3n) is 1.16. The number of hydrogen-bond acceptors (Lipinski definition) is 3. The van der Waals surface area contributed by atoms with Gasteiger partial charge in [-0.1, -0.05) is 19.8 Å². The van der Waals surface area contributed by atoms with Crippen LogP contribution >= 0.6 is 0 Å². The van der Waals surface area contributed by atoms with Crippen LogP contribution in [0.25, 0.3) is 0 Å². The molecule has 0 fully saturated rings. The fraction of sp³-hybridized carbons (Fsp3) is 0.833. The van der Waals surface area contributed by atoms with Crippen LogP contribution in [0.15, 0.2) is 0 Å². The Morgan fingerprint density at radius 3 is 2.40 bits per heavy atom. The fourth-order valence-electron chi connectivity index (χ4n) is 0.588. The molecule has 4 heteroatoms. The van der Waals surface area contributed by atoms with Gasteiger partial charge in [0.25, 0.3) is 0 Å². The molecular formula is C6H11NO2S. The highest BCUT2D eigenvalue weighted by Crippen LogP contribution is 1.97. The van der Waals surface area contributed by atoms with E-state index in [2.05, 4.69) is 0 Å². The SMILES string of the molecule is CCCCCS(=O)(=O)C#N. The van der Waals surface area contributed by atoms with E-state index in [1.54, 1.807) is 0 Å². The van der Waals surface area contributed by atoms with Gasteiger partial charge in [-0.05, 0) is 6.42 Å². The molecule has 0 heterocycles. The van der Waals surface area contributed by atoms with Gasteiger partial charge in [0.1, 0.15) is 0 Å². The summed E-state index contributed by atoms with van der Waals surface area (Å²) in [7, 11) is -3.39. The van der Waals surface area contributed by atoms with E-state index in [1.165, 1.54) is 5.40 Å². The molecule has 0 spiro atoms. The number of hydrogen-bond donors (Lipinski definition) is 0. The van der Waals surface area contributed by atoms with Gasteiger partial charge in [-0.2, -0.15) is 5.26 Å². The molecule has 0 aliphatic rings. The predicted molar refractivity (Wildman–Crippen MR) is 38.9 cm³/mol. The first kappa shape index (κ1) is 9.44. The van der Waals surface area contributed by atoms with Crippen LogP contribution < -0.4 is 0 Å². The zero-order valence-electron chi connectivity index (χ0n) is 6.00. The summed E-state index contributed by atoms with van der Waals surface area (Å²) in [6, 6.07) is 0. The van der Waals surface area contributed by atoms with E-state index in [0.29, 0.717) is 6.42 Å². The third kappa shape index (κ3) is 4.33. The zero-order valence-corrected chi connectivity index (χ0v) is 6.82. The standard InChI is InChI=1S/C6H11NO2S/c1-2-3-4-5-10(8,9)6-7/h2-5H2,1H3. The maximum atomic E-state index is 10.5. The molecule has 0 aromatic rings. The highest BCUT2D eigenvalue weighted by molar-refractivity contribution is 7.95. The predicted octanol–water partition coefficient (Wildman–Crippen LogP) is 1.07. The average molecular weight is 161 g/mol. The molecule has 0 unspecified atom stereocenters. The lowest BCUT2D eigenvalue weighted by molar-refractivity contribution is 0.600. The highest BCUT2D eigenvalue weighted by atomic mass is 32.2. The lowest BCUT2D eigenvalue weighted by Crippen LogP contribution is -2.01. The van der Waals surface area contributed by atoms with E-state index in [9.17, 15) is 8.42 Å². The van der Waals surface area contributed by atoms with Crippen LogP contribution in [0.4, 0.5) is 0 Å². The zero-order chi connectivity index (χ0) is 8.04. The lowest BCUT2D eigenvalue weighted by Gasteiger charge is -1.92. The van der Waals surface area contributed by atoms with Crippen LogP contribution in [0.2, 0.25) is 0 Å². The molecule has 0 aromatic heterocycles. The summed E-state index contributed by atoms with van der Waals surface area (Å²) >= 11 is 0. The van der Waals surface area contributed by atoms with Crippen molar-refractivity contribution in [1.29, 1.82) is 5.26 Å². The number of nitriles is 1. The number of unbranched alkanes of at least 4 members (excludes halogenated alkanes) is 2. The van der Waals surface area contributed by atoms with E-state index < -0.39 is 9.84 Å². The number of sulfone groups is 1.